The first kappa shape index (κ1) is 15.3. The molecule has 6 nitrogen and oxygen atoms in total. The van der Waals surface area contributed by atoms with Crippen LogP contribution in [0.2, 0.25) is 10.0 Å². The van der Waals surface area contributed by atoms with Gasteiger partial charge in [0.05, 0.1) is 9.95 Å². The number of carbonyl (C=O) groups excluding carboxylic acids is 1. The smallest absolute Gasteiger partial charge is 0.314 e. The Hall–Kier alpha value is -1.79. The molecular weight excluding hydrogens is 295 g/mol. The molecule has 0 heterocycles. The number of ether oxygens (including phenoxy) is 1. The van der Waals surface area contributed by atoms with Crippen molar-refractivity contribution in [3.8, 4) is 5.75 Å². The first-order valence-corrected chi connectivity index (χ1v) is 5.85. The third-order valence-corrected chi connectivity index (χ3v) is 2.48. The molecule has 0 fully saturated rings. The van der Waals surface area contributed by atoms with Gasteiger partial charge in [0.1, 0.15) is 0 Å². The molecule has 0 radical (unpaired) electrons. The zero-order valence-electron chi connectivity index (χ0n) is 9.69. The van der Waals surface area contributed by atoms with Gasteiger partial charge in [0.15, 0.2) is 6.61 Å². The summed E-state index contributed by atoms with van der Waals surface area (Å²) >= 11 is 11.5. The molecule has 0 saturated heterocycles. The predicted molar refractivity (Wildman–Crippen MR) is 71.8 cm³/mol. The van der Waals surface area contributed by atoms with Crippen molar-refractivity contribution in [3.63, 3.8) is 0 Å². The average molecular weight is 305 g/mol. The fourth-order valence-electron chi connectivity index (χ4n) is 1.20. The van der Waals surface area contributed by atoms with E-state index in [4.69, 9.17) is 27.9 Å². The molecule has 1 amide bonds. The quantitative estimate of drug-likeness (QED) is 0.497. The molecule has 0 bridgehead atoms. The second-order valence-electron chi connectivity index (χ2n) is 3.37. The maximum Gasteiger partial charge on any atom is 0.314 e. The second-order valence-corrected chi connectivity index (χ2v) is 4.22. The monoisotopic (exact) mass is 304 g/mol. The van der Waals surface area contributed by atoms with Crippen LogP contribution in [-0.4, -0.2) is 24.0 Å². The van der Waals surface area contributed by atoms with Crippen LogP contribution in [0.15, 0.2) is 24.8 Å². The number of benzene rings is 1. The Morgan fingerprint density at radius 2 is 2.21 bits per heavy atom. The first-order chi connectivity index (χ1) is 8.95. The summed E-state index contributed by atoms with van der Waals surface area (Å²) in [5, 5.41) is 13.4. The van der Waals surface area contributed by atoms with Gasteiger partial charge in [-0.3, -0.25) is 14.9 Å². The lowest BCUT2D eigenvalue weighted by Gasteiger charge is -2.08. The summed E-state index contributed by atoms with van der Waals surface area (Å²) in [6.45, 7) is 3.32. The van der Waals surface area contributed by atoms with E-state index in [0.29, 0.717) is 0 Å². The van der Waals surface area contributed by atoms with Crippen molar-refractivity contribution in [1.82, 2.24) is 5.32 Å². The minimum atomic E-state index is -0.686. The minimum Gasteiger partial charge on any atom is -0.476 e. The van der Waals surface area contributed by atoms with Gasteiger partial charge in [-0.05, 0) is 6.07 Å². The first-order valence-electron chi connectivity index (χ1n) is 5.09. The lowest BCUT2D eigenvalue weighted by Crippen LogP contribution is -2.28. The number of nitrogens with zero attached hydrogens (tertiary/aromatic N) is 1. The van der Waals surface area contributed by atoms with E-state index in [2.05, 4.69) is 11.9 Å². The van der Waals surface area contributed by atoms with E-state index in [9.17, 15) is 14.9 Å². The molecule has 102 valence electrons. The molecule has 0 aliphatic heterocycles. The number of nitro benzene ring substituents is 1. The van der Waals surface area contributed by atoms with E-state index < -0.39 is 23.1 Å². The Morgan fingerprint density at radius 1 is 1.53 bits per heavy atom. The molecule has 0 aromatic heterocycles. The van der Waals surface area contributed by atoms with Crippen LogP contribution in [0.25, 0.3) is 0 Å². The van der Waals surface area contributed by atoms with Crippen molar-refractivity contribution in [2.24, 2.45) is 0 Å². The summed E-state index contributed by atoms with van der Waals surface area (Å²) in [6, 6.07) is 2.40. The van der Waals surface area contributed by atoms with Crippen LogP contribution in [0.5, 0.6) is 5.75 Å². The fourth-order valence-corrected chi connectivity index (χ4v) is 1.74. The summed E-state index contributed by atoms with van der Waals surface area (Å²) in [5.74, 6) is -0.634. The van der Waals surface area contributed by atoms with Crippen molar-refractivity contribution in [2.45, 2.75) is 0 Å². The topological polar surface area (TPSA) is 81.5 Å². The molecular formula is C11H10Cl2N2O4. The lowest BCUT2D eigenvalue weighted by atomic mass is 10.3. The van der Waals surface area contributed by atoms with Crippen molar-refractivity contribution in [2.75, 3.05) is 13.2 Å². The number of amides is 1. The molecule has 0 atom stereocenters. The average Bonchev–Trinajstić information content (AvgIpc) is 2.34. The SMILES string of the molecule is C=CCNC(=O)COc1c(Cl)cc(Cl)cc1[N+](=O)[O-]. The fraction of sp³-hybridized carbons (Fsp3) is 0.182. The van der Waals surface area contributed by atoms with Crippen molar-refractivity contribution in [1.29, 1.82) is 0 Å². The van der Waals surface area contributed by atoms with E-state index in [1.165, 1.54) is 12.1 Å². The maximum atomic E-state index is 11.3. The largest absolute Gasteiger partial charge is 0.476 e. The molecule has 1 rings (SSSR count). The van der Waals surface area contributed by atoms with Gasteiger partial charge in [-0.1, -0.05) is 29.3 Å². The normalized spacial score (nSPS) is 9.79. The summed E-state index contributed by atoms with van der Waals surface area (Å²) in [6.07, 6.45) is 1.50. The molecule has 0 aliphatic rings. The standard InChI is InChI=1S/C11H10Cl2N2O4/c1-2-3-14-10(16)6-19-11-8(13)4-7(12)5-9(11)15(17)18/h2,4-5H,1,3,6H2,(H,14,16). The summed E-state index contributed by atoms with van der Waals surface area (Å²) in [5.41, 5.74) is -0.394. The van der Waals surface area contributed by atoms with Crippen LogP contribution in [-0.2, 0) is 4.79 Å². The van der Waals surface area contributed by atoms with Crippen LogP contribution < -0.4 is 10.1 Å². The molecule has 1 aromatic rings. The van der Waals surface area contributed by atoms with Crippen molar-refractivity contribution in [3.05, 3.63) is 44.9 Å². The van der Waals surface area contributed by atoms with Gasteiger partial charge in [0, 0.05) is 17.6 Å². The number of carbonyl (C=O) groups is 1. The highest BCUT2D eigenvalue weighted by Crippen LogP contribution is 2.37. The number of rotatable bonds is 6. The van der Waals surface area contributed by atoms with E-state index in [-0.39, 0.29) is 22.3 Å². The minimum absolute atomic E-state index is 0.0317. The van der Waals surface area contributed by atoms with Crippen LogP contribution in [0.4, 0.5) is 5.69 Å². The van der Waals surface area contributed by atoms with Crippen LogP contribution in [0, 0.1) is 10.1 Å². The predicted octanol–water partition coefficient (Wildman–Crippen LogP) is 2.58. The lowest BCUT2D eigenvalue weighted by molar-refractivity contribution is -0.385. The van der Waals surface area contributed by atoms with Crippen molar-refractivity contribution >= 4 is 34.8 Å². The maximum absolute atomic E-state index is 11.3. The highest BCUT2D eigenvalue weighted by molar-refractivity contribution is 6.36. The van der Waals surface area contributed by atoms with Gasteiger partial charge >= 0.3 is 5.69 Å². The molecule has 1 N–H and O–H groups in total. The van der Waals surface area contributed by atoms with Gasteiger partial charge in [-0.2, -0.15) is 0 Å². The zero-order chi connectivity index (χ0) is 14.4. The summed E-state index contributed by atoms with van der Waals surface area (Å²) in [7, 11) is 0. The number of nitrogens with one attached hydrogen (secondary N) is 1. The van der Waals surface area contributed by atoms with Crippen molar-refractivity contribution < 1.29 is 14.5 Å². The van der Waals surface area contributed by atoms with Crippen LogP contribution in [0.1, 0.15) is 0 Å². The second kappa shape index (κ2) is 6.96. The Bertz CT molecular complexity index is 520. The molecule has 1 aromatic carbocycles. The highest BCUT2D eigenvalue weighted by Gasteiger charge is 2.21. The van der Waals surface area contributed by atoms with Gasteiger partial charge in [0.2, 0.25) is 5.75 Å². The Morgan fingerprint density at radius 3 is 2.79 bits per heavy atom. The Labute approximate surface area is 119 Å². The highest BCUT2D eigenvalue weighted by atomic mass is 35.5. The number of nitro groups is 1. The summed E-state index contributed by atoms with van der Waals surface area (Å²) < 4.78 is 5.06. The van der Waals surface area contributed by atoms with E-state index in [1.54, 1.807) is 0 Å². The van der Waals surface area contributed by atoms with E-state index in [1.807, 2.05) is 0 Å². The number of hydrogen-bond acceptors (Lipinski definition) is 4. The molecule has 0 spiro atoms. The van der Waals surface area contributed by atoms with Gasteiger partial charge < -0.3 is 10.1 Å². The van der Waals surface area contributed by atoms with Crippen LogP contribution >= 0.6 is 23.2 Å². The summed E-state index contributed by atoms with van der Waals surface area (Å²) in [4.78, 5) is 21.5. The molecule has 0 aliphatic carbocycles. The van der Waals surface area contributed by atoms with E-state index >= 15 is 0 Å². The molecule has 0 saturated carbocycles. The third-order valence-electron chi connectivity index (χ3n) is 1.98. The number of hydrogen-bond donors (Lipinski definition) is 1. The number of halogens is 2. The Kier molecular flexibility index (Phi) is 5.59. The zero-order valence-corrected chi connectivity index (χ0v) is 11.2. The Balaban J connectivity index is 2.85. The molecule has 0 unspecified atom stereocenters. The van der Waals surface area contributed by atoms with Gasteiger partial charge in [-0.15, -0.1) is 6.58 Å². The molecule has 19 heavy (non-hydrogen) atoms. The van der Waals surface area contributed by atoms with Crippen LogP contribution in [0.3, 0.4) is 0 Å². The van der Waals surface area contributed by atoms with Gasteiger partial charge in [0.25, 0.3) is 5.91 Å². The third kappa shape index (κ3) is 4.42. The molecule has 8 heteroatoms. The van der Waals surface area contributed by atoms with E-state index in [0.717, 1.165) is 6.07 Å². The van der Waals surface area contributed by atoms with Gasteiger partial charge in [-0.25, -0.2) is 0 Å².